The number of rotatable bonds is 4. The molecule has 1 atom stereocenters. The van der Waals surface area contributed by atoms with E-state index >= 15 is 0 Å². The number of ether oxygens (including phenoxy) is 1. The van der Waals surface area contributed by atoms with E-state index in [9.17, 15) is 9.59 Å². The van der Waals surface area contributed by atoms with Crippen LogP contribution >= 0.6 is 0 Å². The van der Waals surface area contributed by atoms with Crippen LogP contribution in [0.2, 0.25) is 0 Å². The van der Waals surface area contributed by atoms with Gasteiger partial charge in [-0.15, -0.1) is 0 Å². The molecule has 2 N–H and O–H groups in total. The van der Waals surface area contributed by atoms with Crippen molar-refractivity contribution in [1.82, 2.24) is 5.32 Å². The minimum Gasteiger partial charge on any atom is -0.481 e. The summed E-state index contributed by atoms with van der Waals surface area (Å²) in [4.78, 5) is 22.9. The van der Waals surface area contributed by atoms with Gasteiger partial charge in [-0.05, 0) is 31.9 Å². The number of amides is 2. The lowest BCUT2D eigenvalue weighted by molar-refractivity contribution is -0.127. The number of fused-ring (bicyclic) bond motifs is 1. The lowest BCUT2D eigenvalue weighted by Crippen LogP contribution is -2.36. The van der Waals surface area contributed by atoms with Crippen molar-refractivity contribution in [3.63, 3.8) is 0 Å². The SMILES string of the molecule is CCNC(=O)C(C)Oc1ccc2c(c1)NC(=O)CC2. The van der Waals surface area contributed by atoms with Gasteiger partial charge in [0.05, 0.1) is 0 Å². The maximum Gasteiger partial charge on any atom is 0.260 e. The molecule has 0 bridgehead atoms. The van der Waals surface area contributed by atoms with Crippen molar-refractivity contribution in [2.24, 2.45) is 0 Å². The highest BCUT2D eigenvalue weighted by Crippen LogP contribution is 2.27. The molecule has 1 heterocycles. The van der Waals surface area contributed by atoms with E-state index in [2.05, 4.69) is 10.6 Å². The van der Waals surface area contributed by atoms with Crippen molar-refractivity contribution in [2.45, 2.75) is 32.8 Å². The van der Waals surface area contributed by atoms with Crippen LogP contribution in [0, 0.1) is 0 Å². The molecule has 5 nitrogen and oxygen atoms in total. The highest BCUT2D eigenvalue weighted by atomic mass is 16.5. The highest BCUT2D eigenvalue weighted by molar-refractivity contribution is 5.94. The first-order valence-corrected chi connectivity index (χ1v) is 6.47. The number of carbonyl (C=O) groups excluding carboxylic acids is 2. The fraction of sp³-hybridized carbons (Fsp3) is 0.429. The highest BCUT2D eigenvalue weighted by Gasteiger charge is 2.17. The summed E-state index contributed by atoms with van der Waals surface area (Å²) in [6.07, 6.45) is 0.702. The van der Waals surface area contributed by atoms with Crippen LogP contribution in [0.25, 0.3) is 0 Å². The molecule has 0 aromatic heterocycles. The minimum absolute atomic E-state index is 0.0152. The van der Waals surface area contributed by atoms with Gasteiger partial charge in [0.15, 0.2) is 6.10 Å². The van der Waals surface area contributed by atoms with Crippen molar-refractivity contribution in [3.8, 4) is 5.75 Å². The molecule has 19 heavy (non-hydrogen) atoms. The fourth-order valence-electron chi connectivity index (χ4n) is 2.00. The van der Waals surface area contributed by atoms with Crippen molar-refractivity contribution in [3.05, 3.63) is 23.8 Å². The number of hydrogen-bond acceptors (Lipinski definition) is 3. The largest absolute Gasteiger partial charge is 0.481 e. The normalized spacial score (nSPS) is 15.2. The van der Waals surface area contributed by atoms with Crippen molar-refractivity contribution < 1.29 is 14.3 Å². The van der Waals surface area contributed by atoms with E-state index in [1.807, 2.05) is 19.1 Å². The first-order chi connectivity index (χ1) is 9.10. The predicted molar refractivity (Wildman–Crippen MR) is 72.2 cm³/mol. The van der Waals surface area contributed by atoms with Gasteiger partial charge >= 0.3 is 0 Å². The maximum atomic E-state index is 11.6. The molecular formula is C14H18N2O3. The summed E-state index contributed by atoms with van der Waals surface area (Å²) >= 11 is 0. The molecule has 0 radical (unpaired) electrons. The summed E-state index contributed by atoms with van der Waals surface area (Å²) < 4.78 is 5.57. The Bertz CT molecular complexity index is 499. The van der Waals surface area contributed by atoms with Crippen LogP contribution in [-0.4, -0.2) is 24.5 Å². The zero-order valence-corrected chi connectivity index (χ0v) is 11.2. The zero-order chi connectivity index (χ0) is 13.8. The Hall–Kier alpha value is -2.04. The topological polar surface area (TPSA) is 67.4 Å². The van der Waals surface area contributed by atoms with Gasteiger partial charge in [0.1, 0.15) is 5.75 Å². The van der Waals surface area contributed by atoms with Crippen LogP contribution in [0.5, 0.6) is 5.75 Å². The summed E-state index contributed by atoms with van der Waals surface area (Å²) in [7, 11) is 0. The lowest BCUT2D eigenvalue weighted by Gasteiger charge is -2.19. The average molecular weight is 262 g/mol. The first kappa shape index (κ1) is 13.4. The molecule has 0 saturated carbocycles. The van der Waals surface area contributed by atoms with Crippen molar-refractivity contribution >= 4 is 17.5 Å². The second-order valence-corrected chi connectivity index (χ2v) is 4.52. The second kappa shape index (κ2) is 5.73. The number of nitrogens with one attached hydrogen (secondary N) is 2. The Morgan fingerprint density at radius 2 is 2.26 bits per heavy atom. The standard InChI is InChI=1S/C14H18N2O3/c1-3-15-14(18)9(2)19-11-6-4-10-5-7-13(17)16-12(10)8-11/h4,6,8-9H,3,5,7H2,1-2H3,(H,15,18)(H,16,17). The van der Waals surface area contributed by atoms with Gasteiger partial charge < -0.3 is 15.4 Å². The Balaban J connectivity index is 2.07. The third-order valence-corrected chi connectivity index (χ3v) is 3.01. The molecule has 102 valence electrons. The Labute approximate surface area is 112 Å². The number of carbonyl (C=O) groups is 2. The lowest BCUT2D eigenvalue weighted by atomic mass is 10.0. The second-order valence-electron chi connectivity index (χ2n) is 4.52. The van der Waals surface area contributed by atoms with Gasteiger partial charge in [-0.1, -0.05) is 6.07 Å². The van der Waals surface area contributed by atoms with Gasteiger partial charge in [0.25, 0.3) is 5.91 Å². The first-order valence-electron chi connectivity index (χ1n) is 6.47. The summed E-state index contributed by atoms with van der Waals surface area (Å²) in [6.45, 7) is 4.13. The maximum absolute atomic E-state index is 11.6. The van der Waals surface area contributed by atoms with Gasteiger partial charge in [-0.2, -0.15) is 0 Å². The molecule has 0 saturated heterocycles. The van der Waals surface area contributed by atoms with Crippen LogP contribution in [0.15, 0.2) is 18.2 Å². The van der Waals surface area contributed by atoms with Gasteiger partial charge in [0.2, 0.25) is 5.91 Å². The number of benzene rings is 1. The van der Waals surface area contributed by atoms with E-state index in [-0.39, 0.29) is 11.8 Å². The average Bonchev–Trinajstić information content (AvgIpc) is 2.38. The minimum atomic E-state index is -0.558. The van der Waals surface area contributed by atoms with E-state index < -0.39 is 6.10 Å². The molecular weight excluding hydrogens is 244 g/mol. The van der Waals surface area contributed by atoms with Gasteiger partial charge in [-0.3, -0.25) is 9.59 Å². The van der Waals surface area contributed by atoms with E-state index in [1.54, 1.807) is 13.0 Å². The molecule has 2 rings (SSSR count). The summed E-state index contributed by atoms with van der Waals surface area (Å²) in [5.41, 5.74) is 1.87. The summed E-state index contributed by atoms with van der Waals surface area (Å²) in [5.74, 6) is 0.449. The van der Waals surface area contributed by atoms with Crippen molar-refractivity contribution in [2.75, 3.05) is 11.9 Å². The monoisotopic (exact) mass is 262 g/mol. The number of aryl methyl sites for hydroxylation is 1. The van der Waals surface area contributed by atoms with Crippen LogP contribution in [-0.2, 0) is 16.0 Å². The van der Waals surface area contributed by atoms with E-state index in [0.717, 1.165) is 17.7 Å². The fourth-order valence-corrected chi connectivity index (χ4v) is 2.00. The molecule has 1 aliphatic rings. The molecule has 1 aromatic rings. The zero-order valence-electron chi connectivity index (χ0n) is 11.2. The molecule has 1 unspecified atom stereocenters. The number of anilines is 1. The molecule has 0 aliphatic carbocycles. The molecule has 1 aliphatic heterocycles. The smallest absolute Gasteiger partial charge is 0.260 e. The number of hydrogen-bond donors (Lipinski definition) is 2. The molecule has 0 spiro atoms. The van der Waals surface area contributed by atoms with Crippen LogP contribution < -0.4 is 15.4 Å². The molecule has 2 amide bonds. The van der Waals surface area contributed by atoms with Gasteiger partial charge in [-0.25, -0.2) is 0 Å². The molecule has 1 aromatic carbocycles. The summed E-state index contributed by atoms with van der Waals surface area (Å²) in [6, 6.07) is 5.52. The molecule has 0 fully saturated rings. The Morgan fingerprint density at radius 3 is 3.00 bits per heavy atom. The summed E-state index contributed by atoms with van der Waals surface area (Å²) in [5, 5.41) is 5.51. The van der Waals surface area contributed by atoms with Crippen LogP contribution in [0.3, 0.4) is 0 Å². The van der Waals surface area contributed by atoms with E-state index in [0.29, 0.717) is 18.7 Å². The third kappa shape index (κ3) is 3.24. The number of likely N-dealkylation sites (N-methyl/N-ethyl adjacent to an activating group) is 1. The van der Waals surface area contributed by atoms with E-state index in [1.165, 1.54) is 0 Å². The molecule has 5 heteroatoms. The van der Waals surface area contributed by atoms with Crippen molar-refractivity contribution in [1.29, 1.82) is 0 Å². The predicted octanol–water partition coefficient (Wildman–Crippen LogP) is 1.47. The Morgan fingerprint density at radius 1 is 1.47 bits per heavy atom. The van der Waals surface area contributed by atoms with E-state index in [4.69, 9.17) is 4.74 Å². The van der Waals surface area contributed by atoms with Gasteiger partial charge in [0, 0.05) is 24.7 Å². The third-order valence-electron chi connectivity index (χ3n) is 3.01. The van der Waals surface area contributed by atoms with Crippen LogP contribution in [0.4, 0.5) is 5.69 Å². The Kier molecular flexibility index (Phi) is 4.04. The quantitative estimate of drug-likeness (QED) is 0.863. The van der Waals surface area contributed by atoms with Crippen LogP contribution in [0.1, 0.15) is 25.8 Å².